The number of aliphatic carboxylic acids is 1. The molecule has 0 aliphatic rings. The van der Waals surface area contributed by atoms with E-state index < -0.39 is 21.7 Å². The fourth-order valence-corrected chi connectivity index (χ4v) is 2.42. The van der Waals surface area contributed by atoms with Crippen LogP contribution in [0, 0.1) is 0 Å². The number of nitrogens with one attached hydrogen (secondary N) is 2. The molecular weight excluding hydrogens is 308 g/mol. The number of carbonyl (C=O) groups excluding carboxylic acids is 1. The highest BCUT2D eigenvalue weighted by Gasteiger charge is 2.17. The van der Waals surface area contributed by atoms with Crippen LogP contribution in [0.4, 0.5) is 11.4 Å². The smallest absolute Gasteiger partial charge is 0.320 e. The van der Waals surface area contributed by atoms with Crippen molar-refractivity contribution in [3.63, 3.8) is 0 Å². The zero-order chi connectivity index (χ0) is 15.3. The number of anilines is 2. The first-order chi connectivity index (χ1) is 9.23. The Hall–Kier alpha value is -1.80. The number of hydrogen-bond acceptors (Lipinski definition) is 4. The Morgan fingerprint density at radius 3 is 2.55 bits per heavy atom. The molecule has 9 heteroatoms. The molecular formula is C11H13ClN2O5S. The van der Waals surface area contributed by atoms with E-state index in [4.69, 9.17) is 16.7 Å². The molecule has 110 valence electrons. The Balaban J connectivity index is 2.97. The normalized spacial score (nSPS) is 10.9. The average Bonchev–Trinajstić information content (AvgIpc) is 2.31. The lowest BCUT2D eigenvalue weighted by Gasteiger charge is -2.10. The molecule has 0 aromatic heterocycles. The predicted octanol–water partition coefficient (Wildman–Crippen LogP) is 1.51. The Bertz CT molecular complexity index is 630. The number of carboxylic acids is 1. The van der Waals surface area contributed by atoms with Crippen LogP contribution in [0.5, 0.6) is 0 Å². The van der Waals surface area contributed by atoms with Gasteiger partial charge in [-0.3, -0.25) is 14.3 Å². The molecule has 1 aromatic carbocycles. The van der Waals surface area contributed by atoms with Gasteiger partial charge in [-0.15, -0.1) is 0 Å². The SMILES string of the molecule is CCC(=O)Nc1ccc(Cl)c(NS(=O)(=O)CC(=O)O)c1. The second kappa shape index (κ2) is 6.58. The van der Waals surface area contributed by atoms with Gasteiger partial charge in [0, 0.05) is 12.1 Å². The molecule has 0 fully saturated rings. The molecule has 0 spiro atoms. The Labute approximate surface area is 121 Å². The van der Waals surface area contributed by atoms with Gasteiger partial charge in [0.05, 0.1) is 10.7 Å². The maximum Gasteiger partial charge on any atom is 0.320 e. The fourth-order valence-electron chi connectivity index (χ4n) is 1.30. The van der Waals surface area contributed by atoms with Crippen molar-refractivity contribution in [1.29, 1.82) is 0 Å². The molecule has 0 atom stereocenters. The highest BCUT2D eigenvalue weighted by Crippen LogP contribution is 2.26. The van der Waals surface area contributed by atoms with Gasteiger partial charge in [-0.25, -0.2) is 8.42 Å². The molecule has 0 aliphatic carbocycles. The van der Waals surface area contributed by atoms with Gasteiger partial charge in [0.1, 0.15) is 0 Å². The first kappa shape index (κ1) is 16.3. The van der Waals surface area contributed by atoms with Gasteiger partial charge < -0.3 is 10.4 Å². The summed E-state index contributed by atoms with van der Waals surface area (Å²) in [5.41, 5.74) is 0.357. The molecule has 1 aromatic rings. The summed E-state index contributed by atoms with van der Waals surface area (Å²) in [6.07, 6.45) is 0.267. The molecule has 7 nitrogen and oxygen atoms in total. The summed E-state index contributed by atoms with van der Waals surface area (Å²) in [5, 5.41) is 11.1. The molecule has 0 saturated heterocycles. The van der Waals surface area contributed by atoms with Crippen LogP contribution < -0.4 is 10.0 Å². The van der Waals surface area contributed by atoms with E-state index in [1.54, 1.807) is 6.92 Å². The Kier molecular flexibility index (Phi) is 5.34. The number of hydrogen-bond donors (Lipinski definition) is 3. The number of carboxylic acid groups (broad SMARTS) is 1. The summed E-state index contributed by atoms with van der Waals surface area (Å²) in [4.78, 5) is 21.7. The van der Waals surface area contributed by atoms with Crippen molar-refractivity contribution in [2.45, 2.75) is 13.3 Å². The molecule has 20 heavy (non-hydrogen) atoms. The quantitative estimate of drug-likeness (QED) is 0.735. The minimum Gasteiger partial charge on any atom is -0.480 e. The molecule has 0 aliphatic heterocycles. The molecule has 0 radical (unpaired) electrons. The van der Waals surface area contributed by atoms with E-state index in [1.165, 1.54) is 18.2 Å². The number of benzene rings is 1. The second-order valence-electron chi connectivity index (χ2n) is 3.85. The minimum absolute atomic E-state index is 0.00168. The highest BCUT2D eigenvalue weighted by atomic mass is 35.5. The van der Waals surface area contributed by atoms with E-state index in [-0.39, 0.29) is 23.0 Å². The predicted molar refractivity (Wildman–Crippen MR) is 75.4 cm³/mol. The van der Waals surface area contributed by atoms with Crippen LogP contribution in [0.3, 0.4) is 0 Å². The van der Waals surface area contributed by atoms with Crippen LogP contribution >= 0.6 is 11.6 Å². The number of sulfonamides is 1. The van der Waals surface area contributed by atoms with Crippen LogP contribution in [0.15, 0.2) is 18.2 Å². The summed E-state index contributed by atoms with van der Waals surface area (Å²) in [6.45, 7) is 1.67. The zero-order valence-electron chi connectivity index (χ0n) is 10.5. The van der Waals surface area contributed by atoms with Crippen molar-refractivity contribution in [3.05, 3.63) is 23.2 Å². The van der Waals surface area contributed by atoms with Crippen LogP contribution in [0.2, 0.25) is 5.02 Å². The fraction of sp³-hybridized carbons (Fsp3) is 0.273. The van der Waals surface area contributed by atoms with E-state index in [0.29, 0.717) is 5.69 Å². The first-order valence-electron chi connectivity index (χ1n) is 5.55. The van der Waals surface area contributed by atoms with Gasteiger partial charge in [-0.05, 0) is 18.2 Å². The third kappa shape index (κ3) is 5.06. The van der Waals surface area contributed by atoms with Crippen LogP contribution in [-0.4, -0.2) is 31.2 Å². The van der Waals surface area contributed by atoms with Crippen LogP contribution in [0.25, 0.3) is 0 Å². The maximum absolute atomic E-state index is 11.5. The molecule has 0 heterocycles. The standard InChI is InChI=1S/C11H13ClN2O5S/c1-2-10(15)13-7-3-4-8(12)9(5-7)14-20(18,19)6-11(16)17/h3-5,14H,2,6H2,1H3,(H,13,15)(H,16,17). The summed E-state index contributed by atoms with van der Waals surface area (Å²) in [6, 6.07) is 4.21. The van der Waals surface area contributed by atoms with Gasteiger partial charge in [0.2, 0.25) is 15.9 Å². The van der Waals surface area contributed by atoms with Gasteiger partial charge >= 0.3 is 5.97 Å². The lowest BCUT2D eigenvalue weighted by Crippen LogP contribution is -2.22. The van der Waals surface area contributed by atoms with Crippen LogP contribution in [-0.2, 0) is 19.6 Å². The Morgan fingerprint density at radius 1 is 1.35 bits per heavy atom. The number of carbonyl (C=O) groups is 2. The van der Waals surface area contributed by atoms with Crippen molar-refractivity contribution >= 4 is 44.9 Å². The minimum atomic E-state index is -4.05. The molecule has 1 amide bonds. The topological polar surface area (TPSA) is 113 Å². The zero-order valence-corrected chi connectivity index (χ0v) is 12.1. The van der Waals surface area contributed by atoms with E-state index in [2.05, 4.69) is 10.0 Å². The van der Waals surface area contributed by atoms with Gasteiger partial charge in [-0.1, -0.05) is 18.5 Å². The Morgan fingerprint density at radius 2 is 2.00 bits per heavy atom. The van der Waals surface area contributed by atoms with E-state index in [1.807, 2.05) is 0 Å². The first-order valence-corrected chi connectivity index (χ1v) is 7.58. The largest absolute Gasteiger partial charge is 0.480 e. The molecule has 0 saturated carbocycles. The maximum atomic E-state index is 11.5. The van der Waals surface area contributed by atoms with Crippen molar-refractivity contribution in [2.24, 2.45) is 0 Å². The number of rotatable bonds is 6. The van der Waals surface area contributed by atoms with Crippen molar-refractivity contribution in [1.82, 2.24) is 0 Å². The highest BCUT2D eigenvalue weighted by molar-refractivity contribution is 7.93. The molecule has 1 rings (SSSR count). The van der Waals surface area contributed by atoms with Gasteiger partial charge in [0.25, 0.3) is 0 Å². The average molecular weight is 321 g/mol. The lowest BCUT2D eigenvalue weighted by molar-refractivity contribution is -0.134. The van der Waals surface area contributed by atoms with Crippen molar-refractivity contribution < 1.29 is 23.1 Å². The van der Waals surface area contributed by atoms with Crippen molar-refractivity contribution in [2.75, 3.05) is 15.8 Å². The van der Waals surface area contributed by atoms with Gasteiger partial charge in [0.15, 0.2) is 5.75 Å². The van der Waals surface area contributed by atoms with E-state index in [0.717, 1.165) is 0 Å². The van der Waals surface area contributed by atoms with E-state index in [9.17, 15) is 18.0 Å². The lowest BCUT2D eigenvalue weighted by atomic mass is 10.2. The summed E-state index contributed by atoms with van der Waals surface area (Å²) < 4.78 is 25.1. The molecule has 0 bridgehead atoms. The number of amides is 1. The third-order valence-electron chi connectivity index (χ3n) is 2.15. The third-order valence-corrected chi connectivity index (χ3v) is 3.64. The summed E-state index contributed by atoms with van der Waals surface area (Å²) >= 11 is 5.82. The second-order valence-corrected chi connectivity index (χ2v) is 5.98. The summed E-state index contributed by atoms with van der Waals surface area (Å²) in [5.74, 6) is -2.80. The van der Waals surface area contributed by atoms with E-state index >= 15 is 0 Å². The van der Waals surface area contributed by atoms with Crippen molar-refractivity contribution in [3.8, 4) is 0 Å². The number of halogens is 1. The van der Waals surface area contributed by atoms with Gasteiger partial charge in [-0.2, -0.15) is 0 Å². The molecule has 3 N–H and O–H groups in total. The summed E-state index contributed by atoms with van der Waals surface area (Å²) in [7, 11) is -4.05. The van der Waals surface area contributed by atoms with Crippen LogP contribution in [0.1, 0.15) is 13.3 Å². The monoisotopic (exact) mass is 320 g/mol. The molecule has 0 unspecified atom stereocenters.